The first-order valence-electron chi connectivity index (χ1n) is 4.46. The van der Waals surface area contributed by atoms with Gasteiger partial charge in [-0.3, -0.25) is 0 Å². The molecule has 0 aliphatic rings. The first-order valence-corrected chi connectivity index (χ1v) is 4.46. The molecule has 0 aromatic carbocycles. The van der Waals surface area contributed by atoms with E-state index in [1.54, 1.807) is 0 Å². The van der Waals surface area contributed by atoms with Crippen molar-refractivity contribution in [3.8, 4) is 0 Å². The third kappa shape index (κ3) is 2.65. The van der Waals surface area contributed by atoms with Crippen molar-refractivity contribution in [3.63, 3.8) is 0 Å². The molecule has 0 unspecified atom stereocenters. The Morgan fingerprint density at radius 1 is 1.50 bits per heavy atom. The molecule has 16 heavy (non-hydrogen) atoms. The lowest BCUT2D eigenvalue weighted by molar-refractivity contribution is 0.0692. The molecule has 0 amide bonds. The molecule has 0 spiro atoms. The van der Waals surface area contributed by atoms with Crippen LogP contribution in [0, 0.1) is 5.82 Å². The second kappa shape index (κ2) is 5.38. The fraction of sp³-hybridized carbons (Fsp3) is 0.333. The maximum Gasteiger partial charge on any atom is 0.338 e. The molecular formula is C9H11FN2O4. The molecule has 7 heteroatoms. The molecule has 0 saturated carbocycles. The average molecular weight is 230 g/mol. The topological polar surface area (TPSA) is 103 Å². The van der Waals surface area contributed by atoms with Crippen molar-refractivity contribution in [1.82, 2.24) is 4.98 Å². The highest BCUT2D eigenvalue weighted by atomic mass is 19.1. The number of aromatic nitrogens is 1. The Morgan fingerprint density at radius 2 is 2.12 bits per heavy atom. The van der Waals surface area contributed by atoms with Crippen molar-refractivity contribution in [2.75, 3.05) is 18.5 Å². The second-order valence-electron chi connectivity index (χ2n) is 3.03. The van der Waals surface area contributed by atoms with Gasteiger partial charge < -0.3 is 20.6 Å². The number of hydrogen-bond acceptors (Lipinski definition) is 5. The van der Waals surface area contributed by atoms with Crippen LogP contribution in [0.1, 0.15) is 10.4 Å². The minimum absolute atomic E-state index is 0.312. The van der Waals surface area contributed by atoms with Crippen LogP contribution in [0.5, 0.6) is 0 Å². The summed E-state index contributed by atoms with van der Waals surface area (Å²) in [5, 5.41) is 28.6. The van der Waals surface area contributed by atoms with E-state index in [1.807, 2.05) is 0 Å². The summed E-state index contributed by atoms with van der Waals surface area (Å²) >= 11 is 0. The molecule has 0 aliphatic heterocycles. The Labute approximate surface area is 90.4 Å². The quantitative estimate of drug-likeness (QED) is 0.553. The van der Waals surface area contributed by atoms with Gasteiger partial charge in [-0.05, 0) is 6.07 Å². The molecule has 88 valence electrons. The van der Waals surface area contributed by atoms with E-state index < -0.39 is 36.6 Å². The molecule has 1 rings (SSSR count). The Bertz CT molecular complexity index is 382. The van der Waals surface area contributed by atoms with Gasteiger partial charge in [0.25, 0.3) is 0 Å². The van der Waals surface area contributed by atoms with Crippen LogP contribution in [0.3, 0.4) is 0 Å². The van der Waals surface area contributed by atoms with Crippen molar-refractivity contribution < 1.29 is 24.5 Å². The van der Waals surface area contributed by atoms with Crippen LogP contribution in [0.2, 0.25) is 0 Å². The van der Waals surface area contributed by atoms with Crippen molar-refractivity contribution >= 4 is 11.8 Å². The van der Waals surface area contributed by atoms with Gasteiger partial charge in [0.1, 0.15) is 5.56 Å². The van der Waals surface area contributed by atoms with Gasteiger partial charge in [0.05, 0.1) is 19.3 Å². The number of aliphatic hydroxyl groups is 2. The highest BCUT2D eigenvalue weighted by Crippen LogP contribution is 2.15. The number of carboxylic acid groups (broad SMARTS) is 1. The second-order valence-corrected chi connectivity index (χ2v) is 3.03. The zero-order valence-corrected chi connectivity index (χ0v) is 8.22. The zero-order chi connectivity index (χ0) is 12.1. The number of hydrogen-bond donors (Lipinski definition) is 4. The SMILES string of the molecule is O=C(O)c1ccnc(NC(CO)CO)c1F. The van der Waals surface area contributed by atoms with Gasteiger partial charge in [0.15, 0.2) is 11.6 Å². The van der Waals surface area contributed by atoms with Crippen LogP contribution in [0.4, 0.5) is 10.2 Å². The molecule has 0 saturated heterocycles. The molecule has 0 bridgehead atoms. The van der Waals surface area contributed by atoms with Crippen molar-refractivity contribution in [1.29, 1.82) is 0 Å². The van der Waals surface area contributed by atoms with E-state index >= 15 is 0 Å². The van der Waals surface area contributed by atoms with Gasteiger partial charge in [-0.25, -0.2) is 14.2 Å². The van der Waals surface area contributed by atoms with Gasteiger partial charge in [0.2, 0.25) is 0 Å². The summed E-state index contributed by atoms with van der Waals surface area (Å²) in [5.41, 5.74) is -0.521. The third-order valence-electron chi connectivity index (χ3n) is 1.90. The first kappa shape index (κ1) is 12.3. The highest BCUT2D eigenvalue weighted by molar-refractivity contribution is 5.88. The normalized spacial score (nSPS) is 10.5. The number of pyridine rings is 1. The van der Waals surface area contributed by atoms with Crippen molar-refractivity contribution in [3.05, 3.63) is 23.6 Å². The Morgan fingerprint density at radius 3 is 2.62 bits per heavy atom. The lowest BCUT2D eigenvalue weighted by Gasteiger charge is -2.14. The van der Waals surface area contributed by atoms with Crippen LogP contribution in [-0.2, 0) is 0 Å². The van der Waals surface area contributed by atoms with E-state index in [9.17, 15) is 9.18 Å². The van der Waals surface area contributed by atoms with E-state index in [4.69, 9.17) is 15.3 Å². The summed E-state index contributed by atoms with van der Waals surface area (Å²) in [6.45, 7) is -0.843. The number of rotatable bonds is 5. The molecule has 0 radical (unpaired) electrons. The molecular weight excluding hydrogens is 219 g/mol. The van der Waals surface area contributed by atoms with E-state index in [0.29, 0.717) is 0 Å². The Balaban J connectivity index is 2.97. The first-order chi connectivity index (χ1) is 7.60. The standard InChI is InChI=1S/C9H11FN2O4/c10-7-6(9(15)16)1-2-11-8(7)12-5(3-13)4-14/h1-2,5,13-14H,3-4H2,(H,11,12)(H,15,16). The predicted molar refractivity (Wildman–Crippen MR) is 52.7 cm³/mol. The number of anilines is 1. The molecule has 1 aromatic rings. The number of carboxylic acids is 1. The summed E-state index contributed by atoms with van der Waals surface area (Å²) in [5.74, 6) is -2.75. The molecule has 0 fully saturated rings. The van der Waals surface area contributed by atoms with E-state index in [1.165, 1.54) is 0 Å². The number of nitrogens with zero attached hydrogens (tertiary/aromatic N) is 1. The summed E-state index contributed by atoms with van der Waals surface area (Å²) in [7, 11) is 0. The smallest absolute Gasteiger partial charge is 0.338 e. The van der Waals surface area contributed by atoms with Gasteiger partial charge in [-0.2, -0.15) is 0 Å². The Kier molecular flexibility index (Phi) is 4.15. The molecule has 1 aromatic heterocycles. The maximum atomic E-state index is 13.5. The summed E-state index contributed by atoms with van der Waals surface area (Å²) in [4.78, 5) is 14.2. The van der Waals surface area contributed by atoms with Gasteiger partial charge in [0, 0.05) is 6.20 Å². The lowest BCUT2D eigenvalue weighted by Crippen LogP contribution is -2.29. The number of halogens is 1. The molecule has 0 atom stereocenters. The summed E-state index contributed by atoms with van der Waals surface area (Å²) in [6, 6.07) is 0.237. The minimum Gasteiger partial charge on any atom is -0.478 e. The average Bonchev–Trinajstić information content (AvgIpc) is 2.27. The predicted octanol–water partition coefficient (Wildman–Crippen LogP) is -0.316. The van der Waals surface area contributed by atoms with Crippen LogP contribution in [0.15, 0.2) is 12.3 Å². The molecule has 4 N–H and O–H groups in total. The van der Waals surface area contributed by atoms with Gasteiger partial charge in [-0.15, -0.1) is 0 Å². The summed E-state index contributed by atoms with van der Waals surface area (Å²) < 4.78 is 13.5. The van der Waals surface area contributed by atoms with Crippen molar-refractivity contribution in [2.45, 2.75) is 6.04 Å². The minimum atomic E-state index is -1.41. The molecule has 6 nitrogen and oxygen atoms in total. The number of carbonyl (C=O) groups is 1. The van der Waals surface area contributed by atoms with Gasteiger partial charge in [-0.1, -0.05) is 0 Å². The van der Waals surface area contributed by atoms with Crippen LogP contribution >= 0.6 is 0 Å². The van der Waals surface area contributed by atoms with E-state index in [0.717, 1.165) is 12.3 Å². The van der Waals surface area contributed by atoms with Gasteiger partial charge >= 0.3 is 5.97 Å². The zero-order valence-electron chi connectivity index (χ0n) is 8.22. The third-order valence-corrected chi connectivity index (χ3v) is 1.90. The van der Waals surface area contributed by atoms with E-state index in [-0.39, 0.29) is 5.82 Å². The van der Waals surface area contributed by atoms with E-state index in [2.05, 4.69) is 10.3 Å². The number of aliphatic hydroxyl groups excluding tert-OH is 2. The largest absolute Gasteiger partial charge is 0.478 e. The van der Waals surface area contributed by atoms with Crippen molar-refractivity contribution in [2.24, 2.45) is 0 Å². The molecule has 1 heterocycles. The summed E-state index contributed by atoms with van der Waals surface area (Å²) in [6.07, 6.45) is 1.13. The van der Waals surface area contributed by atoms with Crippen LogP contribution in [-0.4, -0.2) is 45.5 Å². The van der Waals surface area contributed by atoms with Crippen LogP contribution in [0.25, 0.3) is 0 Å². The fourth-order valence-corrected chi connectivity index (χ4v) is 1.05. The highest BCUT2D eigenvalue weighted by Gasteiger charge is 2.17. The van der Waals surface area contributed by atoms with Crippen LogP contribution < -0.4 is 5.32 Å². The number of aromatic carboxylic acids is 1. The lowest BCUT2D eigenvalue weighted by atomic mass is 10.2. The monoisotopic (exact) mass is 230 g/mol. The molecule has 0 aliphatic carbocycles. The Hall–Kier alpha value is -1.73. The fourth-order valence-electron chi connectivity index (χ4n) is 1.05. The number of nitrogens with one attached hydrogen (secondary N) is 1. The maximum absolute atomic E-state index is 13.5.